The normalized spacial score (nSPS) is 35.1. The van der Waals surface area contributed by atoms with E-state index in [9.17, 15) is 0 Å². The van der Waals surface area contributed by atoms with E-state index in [0.717, 1.165) is 12.1 Å². The standard InChI is InChI=1S/C15H30N2/c1-12-11-14(7-10-16-12)17(4)13-5-8-15(2,3)9-6-13/h12-14,16H,5-11H2,1-4H3. The molecule has 2 fully saturated rings. The highest BCUT2D eigenvalue weighted by Crippen LogP contribution is 2.37. The van der Waals surface area contributed by atoms with Gasteiger partial charge in [0.1, 0.15) is 0 Å². The lowest BCUT2D eigenvalue weighted by molar-refractivity contribution is 0.0747. The molecule has 100 valence electrons. The van der Waals surface area contributed by atoms with Crippen LogP contribution in [0.15, 0.2) is 0 Å². The highest BCUT2D eigenvalue weighted by Gasteiger charge is 2.32. The molecule has 2 rings (SSSR count). The van der Waals surface area contributed by atoms with Crippen molar-refractivity contribution in [1.82, 2.24) is 10.2 Å². The summed E-state index contributed by atoms with van der Waals surface area (Å²) in [6.45, 7) is 8.38. The van der Waals surface area contributed by atoms with E-state index < -0.39 is 0 Å². The van der Waals surface area contributed by atoms with Crippen LogP contribution < -0.4 is 5.32 Å². The summed E-state index contributed by atoms with van der Waals surface area (Å²) in [5.41, 5.74) is 0.596. The lowest BCUT2D eigenvalue weighted by Gasteiger charge is -2.44. The van der Waals surface area contributed by atoms with E-state index in [-0.39, 0.29) is 0 Å². The fraction of sp³-hybridized carbons (Fsp3) is 1.00. The molecule has 2 nitrogen and oxygen atoms in total. The van der Waals surface area contributed by atoms with Crippen LogP contribution in [0.5, 0.6) is 0 Å². The molecule has 1 saturated heterocycles. The summed E-state index contributed by atoms with van der Waals surface area (Å²) in [4.78, 5) is 2.70. The van der Waals surface area contributed by atoms with Gasteiger partial charge in [0.15, 0.2) is 0 Å². The Bertz CT molecular complexity index is 239. The average molecular weight is 238 g/mol. The van der Waals surface area contributed by atoms with E-state index in [1.54, 1.807) is 0 Å². The van der Waals surface area contributed by atoms with Crippen molar-refractivity contribution >= 4 is 0 Å². The molecule has 1 aliphatic carbocycles. The summed E-state index contributed by atoms with van der Waals surface area (Å²) in [5, 5.41) is 3.56. The van der Waals surface area contributed by atoms with Crippen LogP contribution in [0.25, 0.3) is 0 Å². The van der Waals surface area contributed by atoms with Crippen molar-refractivity contribution in [2.24, 2.45) is 5.41 Å². The Labute approximate surface area is 107 Å². The Balaban J connectivity index is 1.85. The van der Waals surface area contributed by atoms with Gasteiger partial charge in [0, 0.05) is 18.1 Å². The molecule has 0 bridgehead atoms. The molecule has 2 unspecified atom stereocenters. The molecule has 17 heavy (non-hydrogen) atoms. The fourth-order valence-corrected chi connectivity index (χ4v) is 3.56. The first-order valence-electron chi connectivity index (χ1n) is 7.43. The molecular weight excluding hydrogens is 208 g/mol. The van der Waals surface area contributed by atoms with Crippen LogP contribution in [0.3, 0.4) is 0 Å². The molecule has 2 aliphatic rings. The van der Waals surface area contributed by atoms with E-state index in [1.807, 2.05) is 0 Å². The molecule has 0 radical (unpaired) electrons. The second-order valence-electron chi connectivity index (χ2n) is 7.09. The average Bonchev–Trinajstić information content (AvgIpc) is 2.28. The van der Waals surface area contributed by atoms with Crippen LogP contribution in [-0.2, 0) is 0 Å². The Morgan fingerprint density at radius 1 is 1.06 bits per heavy atom. The maximum atomic E-state index is 3.56. The summed E-state index contributed by atoms with van der Waals surface area (Å²) in [6, 6.07) is 2.37. The Morgan fingerprint density at radius 2 is 1.71 bits per heavy atom. The van der Waals surface area contributed by atoms with E-state index in [2.05, 4.69) is 38.0 Å². The first kappa shape index (κ1) is 13.4. The summed E-state index contributed by atoms with van der Waals surface area (Å²) >= 11 is 0. The van der Waals surface area contributed by atoms with E-state index >= 15 is 0 Å². The second kappa shape index (κ2) is 5.27. The van der Waals surface area contributed by atoms with Crippen molar-refractivity contribution in [3.8, 4) is 0 Å². The molecule has 0 aromatic heterocycles. The summed E-state index contributed by atoms with van der Waals surface area (Å²) in [7, 11) is 2.37. The first-order valence-corrected chi connectivity index (χ1v) is 7.43. The third kappa shape index (κ3) is 3.45. The highest BCUT2D eigenvalue weighted by atomic mass is 15.2. The van der Waals surface area contributed by atoms with Gasteiger partial charge >= 0.3 is 0 Å². The van der Waals surface area contributed by atoms with Gasteiger partial charge in [-0.3, -0.25) is 0 Å². The number of hydrogen-bond donors (Lipinski definition) is 1. The predicted octanol–water partition coefficient (Wildman–Crippen LogP) is 3.03. The Kier molecular flexibility index (Phi) is 4.14. The lowest BCUT2D eigenvalue weighted by atomic mass is 9.75. The van der Waals surface area contributed by atoms with Crippen LogP contribution in [0.2, 0.25) is 0 Å². The van der Waals surface area contributed by atoms with E-state index in [0.29, 0.717) is 11.5 Å². The van der Waals surface area contributed by atoms with Gasteiger partial charge < -0.3 is 10.2 Å². The number of piperidine rings is 1. The van der Waals surface area contributed by atoms with Gasteiger partial charge in [-0.1, -0.05) is 13.8 Å². The molecule has 1 heterocycles. The third-order valence-electron chi connectivity index (χ3n) is 5.06. The maximum Gasteiger partial charge on any atom is 0.0122 e. The number of nitrogens with one attached hydrogen (secondary N) is 1. The largest absolute Gasteiger partial charge is 0.314 e. The van der Waals surface area contributed by atoms with Gasteiger partial charge in [-0.25, -0.2) is 0 Å². The van der Waals surface area contributed by atoms with Crippen LogP contribution in [0.4, 0.5) is 0 Å². The number of hydrogen-bond acceptors (Lipinski definition) is 2. The summed E-state index contributed by atoms with van der Waals surface area (Å²) in [6.07, 6.45) is 8.28. The smallest absolute Gasteiger partial charge is 0.0122 e. The molecule has 0 amide bonds. The molecule has 0 aromatic carbocycles. The minimum Gasteiger partial charge on any atom is -0.314 e. The van der Waals surface area contributed by atoms with Gasteiger partial charge in [-0.05, 0) is 64.5 Å². The first-order chi connectivity index (χ1) is 7.98. The minimum absolute atomic E-state index is 0.596. The molecule has 0 spiro atoms. The highest BCUT2D eigenvalue weighted by molar-refractivity contribution is 4.88. The molecule has 1 N–H and O–H groups in total. The molecular formula is C15H30N2. The van der Waals surface area contributed by atoms with Crippen LogP contribution in [-0.4, -0.2) is 36.6 Å². The number of nitrogens with zero attached hydrogens (tertiary/aromatic N) is 1. The van der Waals surface area contributed by atoms with Crippen LogP contribution in [0.1, 0.15) is 59.3 Å². The van der Waals surface area contributed by atoms with Crippen molar-refractivity contribution in [3.63, 3.8) is 0 Å². The maximum absolute atomic E-state index is 3.56. The number of rotatable bonds is 2. The Hall–Kier alpha value is -0.0800. The molecule has 0 aromatic rings. The van der Waals surface area contributed by atoms with Gasteiger partial charge in [0.2, 0.25) is 0 Å². The zero-order valence-corrected chi connectivity index (χ0v) is 12.1. The monoisotopic (exact) mass is 238 g/mol. The Morgan fingerprint density at radius 3 is 2.29 bits per heavy atom. The van der Waals surface area contributed by atoms with Crippen molar-refractivity contribution in [3.05, 3.63) is 0 Å². The van der Waals surface area contributed by atoms with Gasteiger partial charge in [0.05, 0.1) is 0 Å². The van der Waals surface area contributed by atoms with Gasteiger partial charge in [-0.2, -0.15) is 0 Å². The molecule has 1 aliphatic heterocycles. The van der Waals surface area contributed by atoms with Crippen LogP contribution >= 0.6 is 0 Å². The SMILES string of the molecule is CC1CC(N(C)C2CCC(C)(C)CC2)CCN1. The van der Waals surface area contributed by atoms with Crippen molar-refractivity contribution in [2.75, 3.05) is 13.6 Å². The topological polar surface area (TPSA) is 15.3 Å². The summed E-state index contributed by atoms with van der Waals surface area (Å²) < 4.78 is 0. The van der Waals surface area contributed by atoms with Crippen molar-refractivity contribution in [2.45, 2.75) is 77.4 Å². The van der Waals surface area contributed by atoms with Crippen molar-refractivity contribution < 1.29 is 0 Å². The van der Waals surface area contributed by atoms with Crippen LogP contribution in [0, 0.1) is 5.41 Å². The van der Waals surface area contributed by atoms with Gasteiger partial charge in [0.25, 0.3) is 0 Å². The zero-order chi connectivity index (χ0) is 12.5. The second-order valence-corrected chi connectivity index (χ2v) is 7.09. The van der Waals surface area contributed by atoms with Gasteiger partial charge in [-0.15, -0.1) is 0 Å². The molecule has 1 saturated carbocycles. The predicted molar refractivity (Wildman–Crippen MR) is 74.3 cm³/mol. The molecule has 2 heteroatoms. The zero-order valence-electron chi connectivity index (χ0n) is 12.1. The van der Waals surface area contributed by atoms with Crippen molar-refractivity contribution in [1.29, 1.82) is 0 Å². The fourth-order valence-electron chi connectivity index (χ4n) is 3.56. The third-order valence-corrected chi connectivity index (χ3v) is 5.06. The summed E-state index contributed by atoms with van der Waals surface area (Å²) in [5.74, 6) is 0. The lowest BCUT2D eigenvalue weighted by Crippen LogP contribution is -2.50. The van der Waals surface area contributed by atoms with E-state index in [1.165, 1.54) is 45.1 Å². The minimum atomic E-state index is 0.596. The quantitative estimate of drug-likeness (QED) is 0.795. The van der Waals surface area contributed by atoms with E-state index in [4.69, 9.17) is 0 Å². The molecule has 2 atom stereocenters.